The van der Waals surface area contributed by atoms with Crippen LogP contribution in [0.25, 0.3) is 0 Å². The normalized spacial score (nSPS) is 15.1. The van der Waals surface area contributed by atoms with Crippen LogP contribution in [0.15, 0.2) is 34.6 Å². The first-order chi connectivity index (χ1) is 12.6. The Hall–Kier alpha value is -1.22. The van der Waals surface area contributed by atoms with Crippen molar-refractivity contribution < 1.29 is 4.39 Å². The topological polar surface area (TPSA) is 49.3 Å². The minimum absolute atomic E-state index is 0. The highest BCUT2D eigenvalue weighted by Gasteiger charge is 2.44. The second-order valence-corrected chi connectivity index (χ2v) is 7.69. The summed E-state index contributed by atoms with van der Waals surface area (Å²) in [6.45, 7) is 6.48. The molecule has 1 saturated carbocycles. The van der Waals surface area contributed by atoms with Crippen molar-refractivity contribution in [2.45, 2.75) is 44.9 Å². The van der Waals surface area contributed by atoms with E-state index in [4.69, 9.17) is 4.99 Å². The van der Waals surface area contributed by atoms with E-state index in [0.717, 1.165) is 56.0 Å². The molecule has 1 aromatic heterocycles. The minimum Gasteiger partial charge on any atom is -0.357 e. The van der Waals surface area contributed by atoms with E-state index < -0.39 is 0 Å². The van der Waals surface area contributed by atoms with Crippen molar-refractivity contribution >= 4 is 41.3 Å². The fraction of sp³-hybridized carbons (Fsp3) is 0.500. The Morgan fingerprint density at radius 2 is 2.11 bits per heavy atom. The molecule has 1 aromatic carbocycles. The average Bonchev–Trinajstić information content (AvgIpc) is 3.30. The molecule has 3 rings (SSSR count). The Labute approximate surface area is 182 Å². The molecule has 2 N–H and O–H groups in total. The van der Waals surface area contributed by atoms with Crippen LogP contribution in [0.3, 0.4) is 0 Å². The summed E-state index contributed by atoms with van der Waals surface area (Å²) in [6.07, 6.45) is 4.01. The third-order valence-corrected chi connectivity index (χ3v) is 5.79. The molecule has 0 unspecified atom stereocenters. The minimum atomic E-state index is -0.169. The lowest BCUT2D eigenvalue weighted by atomic mass is 9.96. The van der Waals surface area contributed by atoms with Gasteiger partial charge in [-0.05, 0) is 43.9 Å². The van der Waals surface area contributed by atoms with Crippen molar-refractivity contribution in [1.82, 2.24) is 15.6 Å². The average molecular weight is 502 g/mol. The van der Waals surface area contributed by atoms with Gasteiger partial charge < -0.3 is 10.6 Å². The highest BCUT2D eigenvalue weighted by atomic mass is 127. The SMILES string of the molecule is CCNC(=NCC1(c2cccc(F)c2)CC1)NCCc1csc(CC)n1.I. The number of thiazole rings is 1. The number of benzene rings is 1. The zero-order valence-electron chi connectivity index (χ0n) is 15.9. The summed E-state index contributed by atoms with van der Waals surface area (Å²) >= 11 is 1.72. The third-order valence-electron chi connectivity index (χ3n) is 4.75. The van der Waals surface area contributed by atoms with Gasteiger partial charge in [-0.25, -0.2) is 9.37 Å². The summed E-state index contributed by atoms with van der Waals surface area (Å²) in [4.78, 5) is 9.36. The fourth-order valence-corrected chi connectivity index (χ4v) is 3.79. The van der Waals surface area contributed by atoms with Gasteiger partial charge >= 0.3 is 0 Å². The molecule has 0 aliphatic heterocycles. The molecule has 1 heterocycles. The van der Waals surface area contributed by atoms with Crippen molar-refractivity contribution in [2.24, 2.45) is 4.99 Å². The Morgan fingerprint density at radius 1 is 1.30 bits per heavy atom. The van der Waals surface area contributed by atoms with Crippen molar-refractivity contribution in [3.05, 3.63) is 51.7 Å². The van der Waals surface area contributed by atoms with E-state index in [1.807, 2.05) is 6.07 Å². The number of aryl methyl sites for hydroxylation is 1. The van der Waals surface area contributed by atoms with E-state index >= 15 is 0 Å². The van der Waals surface area contributed by atoms with Crippen molar-refractivity contribution in [3.63, 3.8) is 0 Å². The van der Waals surface area contributed by atoms with Crippen LogP contribution >= 0.6 is 35.3 Å². The van der Waals surface area contributed by atoms with Gasteiger partial charge in [0.1, 0.15) is 5.82 Å². The molecule has 148 valence electrons. The lowest BCUT2D eigenvalue weighted by Crippen LogP contribution is -2.39. The van der Waals surface area contributed by atoms with Crippen molar-refractivity contribution in [2.75, 3.05) is 19.6 Å². The molecule has 0 saturated heterocycles. The first kappa shape index (κ1) is 22.1. The van der Waals surface area contributed by atoms with Gasteiger partial charge in [-0.1, -0.05) is 19.1 Å². The Bertz CT molecular complexity index is 758. The summed E-state index contributed by atoms with van der Waals surface area (Å²) in [5, 5.41) is 10.0. The number of nitrogens with one attached hydrogen (secondary N) is 2. The molecule has 1 aliphatic carbocycles. The van der Waals surface area contributed by atoms with Crippen LogP contribution in [0.2, 0.25) is 0 Å². The fourth-order valence-electron chi connectivity index (χ4n) is 3.01. The monoisotopic (exact) mass is 502 g/mol. The van der Waals surface area contributed by atoms with E-state index in [1.54, 1.807) is 23.5 Å². The number of guanidine groups is 1. The summed E-state index contributed by atoms with van der Waals surface area (Å²) in [5.74, 6) is 0.652. The van der Waals surface area contributed by atoms with Gasteiger partial charge in [-0.3, -0.25) is 4.99 Å². The Morgan fingerprint density at radius 3 is 2.74 bits per heavy atom. The highest BCUT2D eigenvalue weighted by molar-refractivity contribution is 14.0. The summed E-state index contributed by atoms with van der Waals surface area (Å²) < 4.78 is 13.5. The molecule has 1 fully saturated rings. The maximum absolute atomic E-state index is 13.5. The second-order valence-electron chi connectivity index (χ2n) is 6.75. The Balaban J connectivity index is 0.00000261. The predicted molar refractivity (Wildman–Crippen MR) is 122 cm³/mol. The Kier molecular flexibility index (Phi) is 8.47. The van der Waals surface area contributed by atoms with Crippen molar-refractivity contribution in [1.29, 1.82) is 0 Å². The van der Waals surface area contributed by atoms with E-state index in [2.05, 4.69) is 34.8 Å². The largest absolute Gasteiger partial charge is 0.357 e. The van der Waals surface area contributed by atoms with Gasteiger partial charge in [0.15, 0.2) is 5.96 Å². The summed E-state index contributed by atoms with van der Waals surface area (Å²) in [7, 11) is 0. The smallest absolute Gasteiger partial charge is 0.191 e. The molecule has 0 spiro atoms. The number of nitrogens with zero attached hydrogens (tertiary/aromatic N) is 2. The predicted octanol–water partition coefficient (Wildman–Crippen LogP) is 4.29. The van der Waals surface area contributed by atoms with E-state index in [-0.39, 0.29) is 35.2 Å². The standard InChI is InChI=1S/C20H27FN4S.HI/c1-3-18-25-17(13-26-18)8-11-23-19(22-4-2)24-14-20(9-10-20)15-6-5-7-16(21)12-15;/h5-7,12-13H,3-4,8-11,14H2,1-2H3,(H2,22,23,24);1H. The first-order valence-corrected chi connectivity index (χ1v) is 10.2. The molecule has 0 bridgehead atoms. The molecule has 1 aliphatic rings. The van der Waals surface area contributed by atoms with Crippen LogP contribution in [0.4, 0.5) is 4.39 Å². The number of halogens is 2. The molecule has 0 amide bonds. The molecule has 4 nitrogen and oxygen atoms in total. The first-order valence-electron chi connectivity index (χ1n) is 9.36. The molecular formula is C20H28FIN4S. The van der Waals surface area contributed by atoms with Gasteiger partial charge in [0.05, 0.1) is 17.2 Å². The quantitative estimate of drug-likeness (QED) is 0.322. The molecule has 0 radical (unpaired) electrons. The van der Waals surface area contributed by atoms with E-state index in [0.29, 0.717) is 6.54 Å². The molecule has 27 heavy (non-hydrogen) atoms. The summed E-state index contributed by atoms with van der Waals surface area (Å²) in [5.41, 5.74) is 2.20. The van der Waals surface area contributed by atoms with Crippen molar-refractivity contribution in [3.8, 4) is 0 Å². The van der Waals surface area contributed by atoms with Crippen LogP contribution in [0.5, 0.6) is 0 Å². The summed E-state index contributed by atoms with van der Waals surface area (Å²) in [6, 6.07) is 6.95. The van der Waals surface area contributed by atoms with Gasteiger partial charge in [0, 0.05) is 30.3 Å². The molecule has 7 heteroatoms. The zero-order valence-corrected chi connectivity index (χ0v) is 19.1. The number of rotatable bonds is 8. The molecule has 2 aromatic rings. The van der Waals surface area contributed by atoms with Crippen LogP contribution in [0, 0.1) is 5.82 Å². The molecular weight excluding hydrogens is 474 g/mol. The van der Waals surface area contributed by atoms with Crippen LogP contribution < -0.4 is 10.6 Å². The lowest BCUT2D eigenvalue weighted by molar-refractivity contribution is 0.615. The zero-order chi connectivity index (χ0) is 18.4. The molecule has 0 atom stereocenters. The number of hydrogen-bond acceptors (Lipinski definition) is 3. The second kappa shape index (κ2) is 10.4. The number of hydrogen-bond donors (Lipinski definition) is 2. The lowest BCUT2D eigenvalue weighted by Gasteiger charge is -2.16. The van der Waals surface area contributed by atoms with Gasteiger partial charge in [0.2, 0.25) is 0 Å². The number of aromatic nitrogens is 1. The van der Waals surface area contributed by atoms with Gasteiger partial charge in [-0.15, -0.1) is 35.3 Å². The van der Waals surface area contributed by atoms with E-state index in [9.17, 15) is 4.39 Å². The highest BCUT2D eigenvalue weighted by Crippen LogP contribution is 2.48. The van der Waals surface area contributed by atoms with Crippen LogP contribution in [-0.4, -0.2) is 30.6 Å². The van der Waals surface area contributed by atoms with E-state index in [1.165, 1.54) is 11.1 Å². The van der Waals surface area contributed by atoms with Crippen LogP contribution in [-0.2, 0) is 18.3 Å². The number of aliphatic imine (C=N–C) groups is 1. The van der Waals surface area contributed by atoms with Crippen LogP contribution in [0.1, 0.15) is 43.0 Å². The van der Waals surface area contributed by atoms with Gasteiger partial charge in [0.25, 0.3) is 0 Å². The maximum Gasteiger partial charge on any atom is 0.191 e. The maximum atomic E-state index is 13.5. The van der Waals surface area contributed by atoms with Gasteiger partial charge in [-0.2, -0.15) is 0 Å². The third kappa shape index (κ3) is 6.14.